The largest absolute Gasteiger partial charge is 0.352 e. The van der Waals surface area contributed by atoms with Gasteiger partial charge in [-0.1, -0.05) is 25.8 Å². The van der Waals surface area contributed by atoms with Gasteiger partial charge in [-0.2, -0.15) is 0 Å². The minimum Gasteiger partial charge on any atom is -0.352 e. The molecule has 1 aromatic rings. The summed E-state index contributed by atoms with van der Waals surface area (Å²) >= 11 is 0. The Hall–Kier alpha value is -1.88. The van der Waals surface area contributed by atoms with Crippen molar-refractivity contribution in [1.29, 1.82) is 0 Å². The van der Waals surface area contributed by atoms with Gasteiger partial charge in [-0.15, -0.1) is 0 Å². The zero-order chi connectivity index (χ0) is 16.4. The molecule has 0 aliphatic rings. The summed E-state index contributed by atoms with van der Waals surface area (Å²) in [7, 11) is 3.91. The highest BCUT2D eigenvalue weighted by Gasteiger charge is 2.09. The highest BCUT2D eigenvalue weighted by atomic mass is 16.2. The number of benzene rings is 1. The Kier molecular flexibility index (Phi) is 8.22. The van der Waals surface area contributed by atoms with E-state index in [1.165, 1.54) is 0 Å². The molecule has 0 radical (unpaired) electrons. The van der Waals surface area contributed by atoms with Crippen molar-refractivity contribution >= 4 is 11.8 Å². The fourth-order valence-corrected chi connectivity index (χ4v) is 1.98. The predicted molar refractivity (Wildman–Crippen MR) is 89.2 cm³/mol. The lowest BCUT2D eigenvalue weighted by molar-refractivity contribution is 0.0950. The molecule has 0 bridgehead atoms. The summed E-state index contributed by atoms with van der Waals surface area (Å²) in [5.74, 6) is -0.276. The van der Waals surface area contributed by atoms with Crippen LogP contribution in [0.25, 0.3) is 0 Å². The third-order valence-corrected chi connectivity index (χ3v) is 3.30. The molecule has 0 saturated carbocycles. The second kappa shape index (κ2) is 9.95. The number of carbonyl (C=O) groups excluding carboxylic acids is 2. The molecule has 22 heavy (non-hydrogen) atoms. The molecule has 0 aliphatic heterocycles. The van der Waals surface area contributed by atoms with Gasteiger partial charge in [-0.05, 0) is 38.7 Å². The van der Waals surface area contributed by atoms with Gasteiger partial charge in [0, 0.05) is 30.8 Å². The number of nitrogens with one attached hydrogen (secondary N) is 2. The highest BCUT2D eigenvalue weighted by molar-refractivity contribution is 5.99. The molecule has 5 nitrogen and oxygen atoms in total. The van der Waals surface area contributed by atoms with Crippen LogP contribution in [0, 0.1) is 0 Å². The smallest absolute Gasteiger partial charge is 0.251 e. The number of likely N-dealkylation sites (N-methyl/N-ethyl adjacent to an activating group) is 1. The first-order valence-electron chi connectivity index (χ1n) is 7.85. The summed E-state index contributed by atoms with van der Waals surface area (Å²) in [6, 6.07) is 6.83. The van der Waals surface area contributed by atoms with Gasteiger partial charge in [-0.3, -0.25) is 9.59 Å². The number of unbranched alkanes of at least 4 members (excludes halogenated alkanes) is 2. The van der Waals surface area contributed by atoms with E-state index in [2.05, 4.69) is 17.6 Å². The first kappa shape index (κ1) is 18.2. The first-order chi connectivity index (χ1) is 10.5. The zero-order valence-electron chi connectivity index (χ0n) is 13.8. The summed E-state index contributed by atoms with van der Waals surface area (Å²) in [4.78, 5) is 26.1. The third kappa shape index (κ3) is 6.72. The highest BCUT2D eigenvalue weighted by Crippen LogP contribution is 2.05. The number of amides is 2. The van der Waals surface area contributed by atoms with Crippen molar-refractivity contribution in [1.82, 2.24) is 15.5 Å². The normalized spacial score (nSPS) is 10.5. The minimum absolute atomic E-state index is 0.126. The fourth-order valence-electron chi connectivity index (χ4n) is 1.98. The average molecular weight is 305 g/mol. The van der Waals surface area contributed by atoms with E-state index < -0.39 is 0 Å². The lowest BCUT2D eigenvalue weighted by Gasteiger charge is -2.11. The van der Waals surface area contributed by atoms with Crippen LogP contribution < -0.4 is 10.6 Å². The van der Waals surface area contributed by atoms with Gasteiger partial charge < -0.3 is 15.5 Å². The lowest BCUT2D eigenvalue weighted by atomic mass is 10.1. The van der Waals surface area contributed by atoms with Crippen molar-refractivity contribution in [2.24, 2.45) is 0 Å². The van der Waals surface area contributed by atoms with E-state index in [1.54, 1.807) is 24.3 Å². The van der Waals surface area contributed by atoms with Gasteiger partial charge >= 0.3 is 0 Å². The summed E-state index contributed by atoms with van der Waals surface area (Å²) < 4.78 is 0. The molecule has 2 N–H and O–H groups in total. The molecule has 0 aromatic heterocycles. The van der Waals surface area contributed by atoms with Gasteiger partial charge in [0.25, 0.3) is 11.8 Å². The summed E-state index contributed by atoms with van der Waals surface area (Å²) in [5, 5.41) is 5.72. The van der Waals surface area contributed by atoms with Crippen molar-refractivity contribution < 1.29 is 9.59 Å². The van der Waals surface area contributed by atoms with Crippen LogP contribution >= 0.6 is 0 Å². The van der Waals surface area contributed by atoms with E-state index in [-0.39, 0.29) is 11.8 Å². The van der Waals surface area contributed by atoms with Gasteiger partial charge in [0.2, 0.25) is 0 Å². The zero-order valence-corrected chi connectivity index (χ0v) is 13.8. The molecule has 0 fully saturated rings. The van der Waals surface area contributed by atoms with Crippen LogP contribution in [0.2, 0.25) is 0 Å². The quantitative estimate of drug-likeness (QED) is 0.685. The molecule has 1 rings (SSSR count). The van der Waals surface area contributed by atoms with E-state index in [0.29, 0.717) is 24.2 Å². The van der Waals surface area contributed by atoms with Gasteiger partial charge in [-0.25, -0.2) is 0 Å². The van der Waals surface area contributed by atoms with Crippen LogP contribution in [0.4, 0.5) is 0 Å². The van der Waals surface area contributed by atoms with Gasteiger partial charge in [0.1, 0.15) is 0 Å². The second-order valence-corrected chi connectivity index (χ2v) is 5.60. The van der Waals surface area contributed by atoms with Crippen LogP contribution in [0.15, 0.2) is 24.3 Å². The topological polar surface area (TPSA) is 61.4 Å². The van der Waals surface area contributed by atoms with Crippen LogP contribution in [0.1, 0.15) is 46.9 Å². The molecule has 2 amide bonds. The van der Waals surface area contributed by atoms with Crippen LogP contribution in [-0.2, 0) is 0 Å². The Morgan fingerprint density at radius 1 is 1.00 bits per heavy atom. The standard InChI is InChI=1S/C17H27N3O2/c1-4-5-6-10-18-16(21)14-8-7-9-15(13-14)17(22)19-11-12-20(2)3/h7-9,13H,4-6,10-12H2,1-3H3,(H,18,21)(H,19,22). The maximum atomic E-state index is 12.0. The molecule has 5 heteroatoms. The van der Waals surface area contributed by atoms with Gasteiger partial charge in [0.15, 0.2) is 0 Å². The van der Waals surface area contributed by atoms with Crippen LogP contribution in [0.5, 0.6) is 0 Å². The summed E-state index contributed by atoms with van der Waals surface area (Å²) in [5.41, 5.74) is 1.04. The van der Waals surface area contributed by atoms with Crippen molar-refractivity contribution in [3.8, 4) is 0 Å². The molecule has 0 unspecified atom stereocenters. The maximum Gasteiger partial charge on any atom is 0.251 e. The Bertz CT molecular complexity index is 487. The Balaban J connectivity index is 2.53. The number of carbonyl (C=O) groups is 2. The Morgan fingerprint density at radius 2 is 1.59 bits per heavy atom. The number of hydrogen-bond acceptors (Lipinski definition) is 3. The SMILES string of the molecule is CCCCCNC(=O)c1cccc(C(=O)NCCN(C)C)c1. The molecule has 0 spiro atoms. The second-order valence-electron chi connectivity index (χ2n) is 5.60. The monoisotopic (exact) mass is 305 g/mol. The average Bonchev–Trinajstić information content (AvgIpc) is 2.51. The minimum atomic E-state index is -0.150. The molecule has 0 aliphatic carbocycles. The molecular formula is C17H27N3O2. The number of rotatable bonds is 9. The fraction of sp³-hybridized carbons (Fsp3) is 0.529. The number of hydrogen-bond donors (Lipinski definition) is 2. The van der Waals surface area contributed by atoms with Crippen LogP contribution in [0.3, 0.4) is 0 Å². The molecule has 0 saturated heterocycles. The Labute approximate surface area is 133 Å². The molecule has 1 aromatic carbocycles. The van der Waals surface area contributed by atoms with Crippen molar-refractivity contribution in [2.75, 3.05) is 33.7 Å². The molecule has 0 heterocycles. The van der Waals surface area contributed by atoms with Crippen molar-refractivity contribution in [2.45, 2.75) is 26.2 Å². The van der Waals surface area contributed by atoms with Crippen LogP contribution in [-0.4, -0.2) is 50.4 Å². The van der Waals surface area contributed by atoms with Crippen molar-refractivity contribution in [3.63, 3.8) is 0 Å². The summed E-state index contributed by atoms with van der Waals surface area (Å²) in [6.45, 7) is 4.16. The van der Waals surface area contributed by atoms with E-state index in [9.17, 15) is 9.59 Å². The van der Waals surface area contributed by atoms with E-state index in [4.69, 9.17) is 0 Å². The molecule has 0 atom stereocenters. The Morgan fingerprint density at radius 3 is 2.14 bits per heavy atom. The third-order valence-electron chi connectivity index (χ3n) is 3.30. The first-order valence-corrected chi connectivity index (χ1v) is 7.85. The van der Waals surface area contributed by atoms with Crippen molar-refractivity contribution in [3.05, 3.63) is 35.4 Å². The molecular weight excluding hydrogens is 278 g/mol. The van der Waals surface area contributed by atoms with E-state index >= 15 is 0 Å². The van der Waals surface area contributed by atoms with E-state index in [0.717, 1.165) is 25.8 Å². The molecule has 122 valence electrons. The maximum absolute atomic E-state index is 12.0. The predicted octanol–water partition coefficient (Wildman–Crippen LogP) is 1.90. The lowest BCUT2D eigenvalue weighted by Crippen LogP contribution is -2.31. The van der Waals surface area contributed by atoms with Gasteiger partial charge in [0.05, 0.1) is 0 Å². The number of nitrogens with zero attached hydrogens (tertiary/aromatic N) is 1. The summed E-state index contributed by atoms with van der Waals surface area (Å²) in [6.07, 6.45) is 3.21. The van der Waals surface area contributed by atoms with E-state index in [1.807, 2.05) is 19.0 Å².